The highest BCUT2D eigenvalue weighted by Crippen LogP contribution is 2.33. The van der Waals surface area contributed by atoms with Crippen LogP contribution in [0.25, 0.3) is 0 Å². The monoisotopic (exact) mass is 420 g/mol. The van der Waals surface area contributed by atoms with Crippen molar-refractivity contribution in [3.05, 3.63) is 41.5 Å². The molecule has 1 heterocycles. The van der Waals surface area contributed by atoms with Gasteiger partial charge >= 0.3 is 6.18 Å². The lowest BCUT2D eigenvalue weighted by molar-refractivity contribution is -0.139. The fourth-order valence-electron chi connectivity index (χ4n) is 2.39. The molecule has 1 aromatic heterocycles. The first-order valence-corrected chi connectivity index (χ1v) is 9.69. The molecular formula is C16H19F3N4O4S. The van der Waals surface area contributed by atoms with Gasteiger partial charge in [0.15, 0.2) is 5.82 Å². The van der Waals surface area contributed by atoms with Crippen LogP contribution >= 0.6 is 0 Å². The molecule has 0 radical (unpaired) electrons. The molecule has 154 valence electrons. The summed E-state index contributed by atoms with van der Waals surface area (Å²) in [5, 5.41) is 3.68. The van der Waals surface area contributed by atoms with Gasteiger partial charge in [-0.3, -0.25) is 4.79 Å². The molecule has 0 saturated heterocycles. The Balaban J connectivity index is 2.14. The van der Waals surface area contributed by atoms with Gasteiger partial charge in [0, 0.05) is 13.5 Å². The molecular weight excluding hydrogens is 401 g/mol. The minimum Gasteiger partial charge on any atom is -0.337 e. The summed E-state index contributed by atoms with van der Waals surface area (Å²) >= 11 is 0. The maximum atomic E-state index is 13.1. The Morgan fingerprint density at radius 1 is 1.32 bits per heavy atom. The van der Waals surface area contributed by atoms with Crippen LogP contribution in [0.2, 0.25) is 0 Å². The van der Waals surface area contributed by atoms with Crippen molar-refractivity contribution in [3.63, 3.8) is 0 Å². The van der Waals surface area contributed by atoms with E-state index in [0.29, 0.717) is 18.3 Å². The van der Waals surface area contributed by atoms with Crippen molar-refractivity contribution >= 4 is 15.9 Å². The predicted octanol–water partition coefficient (Wildman–Crippen LogP) is 1.98. The van der Waals surface area contributed by atoms with Crippen molar-refractivity contribution in [2.75, 3.05) is 7.05 Å². The number of hydrogen-bond acceptors (Lipinski definition) is 6. The first-order chi connectivity index (χ1) is 13.0. The van der Waals surface area contributed by atoms with E-state index in [0.717, 1.165) is 17.0 Å². The molecule has 2 rings (SSSR count). The van der Waals surface area contributed by atoms with Crippen LogP contribution in [0.1, 0.15) is 31.1 Å². The zero-order valence-corrected chi connectivity index (χ0v) is 16.1. The molecule has 0 unspecified atom stereocenters. The quantitative estimate of drug-likeness (QED) is 0.734. The lowest BCUT2D eigenvalue weighted by atomic mass is 10.2. The summed E-state index contributed by atoms with van der Waals surface area (Å²) in [5.41, 5.74) is -1.31. The molecule has 0 spiro atoms. The van der Waals surface area contributed by atoms with E-state index in [1.165, 1.54) is 20.0 Å². The minimum absolute atomic E-state index is 0.0724. The number of sulfonamides is 1. The summed E-state index contributed by atoms with van der Waals surface area (Å²) in [6, 6.07) is 2.43. The van der Waals surface area contributed by atoms with Gasteiger partial charge in [-0.25, -0.2) is 8.42 Å². The second-order valence-electron chi connectivity index (χ2n) is 5.99. The number of hydrogen-bond donors (Lipinski definition) is 1. The molecule has 12 heteroatoms. The minimum atomic E-state index is -4.86. The van der Waals surface area contributed by atoms with E-state index in [1.54, 1.807) is 0 Å². The smallest absolute Gasteiger partial charge is 0.337 e. The molecule has 0 aliphatic heterocycles. The Morgan fingerprint density at radius 3 is 2.54 bits per heavy atom. The highest BCUT2D eigenvalue weighted by molar-refractivity contribution is 7.89. The topological polar surface area (TPSA) is 105 Å². The SMILES string of the molecule is CCc1noc(CN(C)C(=O)[C@H](C)NS(=O)(=O)c2ccccc2C(F)(F)F)n1. The number of amides is 1. The molecule has 0 aliphatic carbocycles. The van der Waals surface area contributed by atoms with Crippen LogP contribution in [0.3, 0.4) is 0 Å². The first kappa shape index (κ1) is 21.8. The van der Waals surface area contributed by atoms with E-state index in [-0.39, 0.29) is 12.4 Å². The molecule has 0 bridgehead atoms. The number of aryl methyl sites for hydroxylation is 1. The van der Waals surface area contributed by atoms with Crippen LogP contribution < -0.4 is 4.72 Å². The standard InChI is InChI=1S/C16H19F3N4O4S/c1-4-13-20-14(27-21-13)9-23(3)15(24)10(2)22-28(25,26)12-8-6-5-7-11(12)16(17,18)19/h5-8,10,22H,4,9H2,1-3H3/t10-/m0/s1. The van der Waals surface area contributed by atoms with Crippen LogP contribution in [0.15, 0.2) is 33.7 Å². The summed E-state index contributed by atoms with van der Waals surface area (Å²) in [6.07, 6.45) is -4.32. The fraction of sp³-hybridized carbons (Fsp3) is 0.438. The van der Waals surface area contributed by atoms with Gasteiger partial charge in [0.25, 0.3) is 0 Å². The number of rotatable bonds is 7. The maximum absolute atomic E-state index is 13.1. The number of carbonyl (C=O) groups is 1. The van der Waals surface area contributed by atoms with Crippen LogP contribution in [-0.2, 0) is 34.0 Å². The zero-order valence-electron chi connectivity index (χ0n) is 15.3. The van der Waals surface area contributed by atoms with Crippen molar-refractivity contribution in [2.24, 2.45) is 0 Å². The molecule has 28 heavy (non-hydrogen) atoms. The van der Waals surface area contributed by atoms with Gasteiger partial charge in [0.05, 0.1) is 23.0 Å². The number of benzene rings is 1. The second kappa shape index (κ2) is 8.27. The fourth-order valence-corrected chi connectivity index (χ4v) is 3.82. The predicted molar refractivity (Wildman–Crippen MR) is 91.4 cm³/mol. The number of likely N-dealkylation sites (N-methyl/N-ethyl adjacent to an activating group) is 1. The van der Waals surface area contributed by atoms with Gasteiger partial charge < -0.3 is 9.42 Å². The highest BCUT2D eigenvalue weighted by Gasteiger charge is 2.37. The lowest BCUT2D eigenvalue weighted by Gasteiger charge is -2.21. The van der Waals surface area contributed by atoms with Crippen LogP contribution in [0.4, 0.5) is 13.2 Å². The van der Waals surface area contributed by atoms with Gasteiger partial charge in [-0.1, -0.05) is 24.2 Å². The third-order valence-corrected chi connectivity index (χ3v) is 5.36. The molecule has 0 saturated carbocycles. The molecule has 1 N–H and O–H groups in total. The average Bonchev–Trinajstić information content (AvgIpc) is 3.07. The molecule has 1 atom stereocenters. The number of nitrogens with zero attached hydrogens (tertiary/aromatic N) is 3. The third-order valence-electron chi connectivity index (χ3n) is 3.76. The Labute approximate surface area is 159 Å². The summed E-state index contributed by atoms with van der Waals surface area (Å²) in [5.74, 6) is -0.0668. The van der Waals surface area contributed by atoms with Crippen LogP contribution in [-0.4, -0.2) is 42.5 Å². The Morgan fingerprint density at radius 2 is 1.96 bits per heavy atom. The van der Waals surface area contributed by atoms with Gasteiger partial charge in [-0.05, 0) is 19.1 Å². The zero-order chi connectivity index (χ0) is 21.1. The van der Waals surface area contributed by atoms with Gasteiger partial charge in [0.1, 0.15) is 0 Å². The third kappa shape index (κ3) is 5.07. The second-order valence-corrected chi connectivity index (χ2v) is 7.67. The van der Waals surface area contributed by atoms with Crippen molar-refractivity contribution in [3.8, 4) is 0 Å². The molecule has 8 nitrogen and oxygen atoms in total. The van der Waals surface area contributed by atoms with Crippen LogP contribution in [0, 0.1) is 0 Å². The largest absolute Gasteiger partial charge is 0.417 e. The maximum Gasteiger partial charge on any atom is 0.417 e. The van der Waals surface area contributed by atoms with E-state index < -0.39 is 38.6 Å². The van der Waals surface area contributed by atoms with E-state index in [1.807, 2.05) is 11.6 Å². The number of halogens is 3. The number of aromatic nitrogens is 2. The summed E-state index contributed by atoms with van der Waals surface area (Å²) < 4.78 is 71.0. The molecule has 0 aliphatic rings. The van der Waals surface area contributed by atoms with E-state index >= 15 is 0 Å². The summed E-state index contributed by atoms with van der Waals surface area (Å²) in [4.78, 5) is 16.6. The van der Waals surface area contributed by atoms with Gasteiger partial charge in [-0.2, -0.15) is 22.9 Å². The Kier molecular flexibility index (Phi) is 6.44. The lowest BCUT2D eigenvalue weighted by Crippen LogP contribution is -2.45. The number of carbonyl (C=O) groups excluding carboxylic acids is 1. The Bertz CT molecular complexity index is 943. The number of alkyl halides is 3. The number of nitrogens with one attached hydrogen (secondary N) is 1. The summed E-state index contributed by atoms with van der Waals surface area (Å²) in [7, 11) is -3.21. The van der Waals surface area contributed by atoms with Crippen molar-refractivity contribution in [2.45, 2.75) is 43.9 Å². The normalized spacial score (nSPS) is 13.4. The first-order valence-electron chi connectivity index (χ1n) is 8.20. The van der Waals surface area contributed by atoms with Crippen molar-refractivity contribution < 1.29 is 30.9 Å². The average molecular weight is 420 g/mol. The molecule has 2 aromatic rings. The van der Waals surface area contributed by atoms with Crippen molar-refractivity contribution in [1.29, 1.82) is 0 Å². The van der Waals surface area contributed by atoms with Crippen molar-refractivity contribution in [1.82, 2.24) is 19.8 Å². The Hall–Kier alpha value is -2.47. The highest BCUT2D eigenvalue weighted by atomic mass is 32.2. The molecule has 1 amide bonds. The van der Waals surface area contributed by atoms with Gasteiger partial charge in [-0.15, -0.1) is 0 Å². The molecule has 0 fully saturated rings. The van der Waals surface area contributed by atoms with Crippen LogP contribution in [0.5, 0.6) is 0 Å². The summed E-state index contributed by atoms with van der Waals surface area (Å²) in [6.45, 7) is 2.98. The van der Waals surface area contributed by atoms with Gasteiger partial charge in [0.2, 0.25) is 21.8 Å². The van der Waals surface area contributed by atoms with E-state index in [2.05, 4.69) is 10.1 Å². The van der Waals surface area contributed by atoms with E-state index in [4.69, 9.17) is 4.52 Å². The molecule has 1 aromatic carbocycles. The van der Waals surface area contributed by atoms with E-state index in [9.17, 15) is 26.4 Å².